The van der Waals surface area contributed by atoms with Crippen LogP contribution in [0, 0.1) is 15.0 Å². The molecule has 1 N–H and O–H groups in total. The molecule has 0 fully saturated rings. The first kappa shape index (κ1) is 7.35. The SMILES string of the molecule is N#CNc1ccccc1I. The molecule has 0 spiro atoms. The van der Waals surface area contributed by atoms with E-state index in [1.165, 1.54) is 0 Å². The van der Waals surface area contributed by atoms with E-state index in [1.54, 1.807) is 0 Å². The summed E-state index contributed by atoms with van der Waals surface area (Å²) >= 11 is 2.17. The van der Waals surface area contributed by atoms with Crippen molar-refractivity contribution in [3.05, 3.63) is 27.8 Å². The number of nitrogens with one attached hydrogen (secondary N) is 1. The lowest BCUT2D eigenvalue weighted by atomic mass is 10.3. The maximum Gasteiger partial charge on any atom is 0.181 e. The zero-order valence-electron chi connectivity index (χ0n) is 5.13. The molecule has 2 nitrogen and oxygen atoms in total. The molecule has 0 heterocycles. The Morgan fingerprint density at radius 3 is 2.70 bits per heavy atom. The van der Waals surface area contributed by atoms with E-state index < -0.39 is 0 Å². The number of nitrogens with zero attached hydrogens (tertiary/aromatic N) is 1. The first-order chi connectivity index (χ1) is 4.84. The Morgan fingerprint density at radius 2 is 2.10 bits per heavy atom. The van der Waals surface area contributed by atoms with Crippen molar-refractivity contribution in [3.63, 3.8) is 0 Å². The summed E-state index contributed by atoms with van der Waals surface area (Å²) in [6, 6.07) is 7.64. The third kappa shape index (κ3) is 1.61. The molecule has 0 aliphatic heterocycles. The van der Waals surface area contributed by atoms with Gasteiger partial charge in [0.1, 0.15) is 0 Å². The van der Waals surface area contributed by atoms with Crippen LogP contribution in [0.5, 0.6) is 0 Å². The smallest absolute Gasteiger partial charge is 0.181 e. The van der Waals surface area contributed by atoms with Crippen LogP contribution >= 0.6 is 22.6 Å². The summed E-state index contributed by atoms with van der Waals surface area (Å²) in [7, 11) is 0. The van der Waals surface area contributed by atoms with Gasteiger partial charge in [0.25, 0.3) is 0 Å². The van der Waals surface area contributed by atoms with E-state index in [4.69, 9.17) is 5.26 Å². The number of halogens is 1. The molecule has 0 bridgehead atoms. The number of hydrogen-bond acceptors (Lipinski definition) is 2. The fourth-order valence-corrected chi connectivity index (χ4v) is 1.15. The topological polar surface area (TPSA) is 35.8 Å². The van der Waals surface area contributed by atoms with Gasteiger partial charge in [-0.1, -0.05) is 12.1 Å². The largest absolute Gasteiger partial charge is 0.292 e. The van der Waals surface area contributed by atoms with Crippen molar-refractivity contribution in [1.82, 2.24) is 0 Å². The lowest BCUT2D eigenvalue weighted by molar-refractivity contribution is 1.46. The fraction of sp³-hybridized carbons (Fsp3) is 0. The molecular formula is C7H5IN2. The Bertz CT molecular complexity index is 265. The molecule has 0 radical (unpaired) electrons. The van der Waals surface area contributed by atoms with Crippen LogP contribution in [0.15, 0.2) is 24.3 Å². The second kappa shape index (κ2) is 3.42. The maximum atomic E-state index is 8.28. The van der Waals surface area contributed by atoms with Crippen LogP contribution in [0.3, 0.4) is 0 Å². The number of para-hydroxylation sites is 1. The number of anilines is 1. The molecule has 10 heavy (non-hydrogen) atoms. The van der Waals surface area contributed by atoms with Gasteiger partial charge in [-0.3, -0.25) is 5.32 Å². The van der Waals surface area contributed by atoms with Gasteiger partial charge in [0.2, 0.25) is 0 Å². The van der Waals surface area contributed by atoms with E-state index >= 15 is 0 Å². The predicted molar refractivity (Wildman–Crippen MR) is 48.4 cm³/mol. The zero-order chi connectivity index (χ0) is 7.40. The molecule has 0 aliphatic rings. The predicted octanol–water partition coefficient (Wildman–Crippen LogP) is 2.18. The molecule has 0 saturated carbocycles. The molecule has 0 aliphatic carbocycles. The number of rotatable bonds is 1. The standard InChI is InChI=1S/C7H5IN2/c8-6-3-1-2-4-7(6)10-5-9/h1-4,10H. The third-order valence-electron chi connectivity index (χ3n) is 1.06. The highest BCUT2D eigenvalue weighted by molar-refractivity contribution is 14.1. The molecule has 0 unspecified atom stereocenters. The summed E-state index contributed by atoms with van der Waals surface area (Å²) in [4.78, 5) is 0. The summed E-state index contributed by atoms with van der Waals surface area (Å²) in [5.41, 5.74) is 0.866. The molecule has 50 valence electrons. The molecule has 1 rings (SSSR count). The molecule has 0 aromatic heterocycles. The quantitative estimate of drug-likeness (QED) is 0.467. The highest BCUT2D eigenvalue weighted by Crippen LogP contribution is 2.15. The average Bonchev–Trinajstić information content (AvgIpc) is 1.94. The lowest BCUT2D eigenvalue weighted by Crippen LogP contribution is -1.88. The molecule has 1 aromatic rings. The Hall–Kier alpha value is -0.760. The molecule has 0 amide bonds. The molecule has 0 saturated heterocycles. The summed E-state index contributed by atoms with van der Waals surface area (Å²) in [5.74, 6) is 0. The number of benzene rings is 1. The summed E-state index contributed by atoms with van der Waals surface area (Å²) in [6.45, 7) is 0. The van der Waals surface area contributed by atoms with Gasteiger partial charge in [0.05, 0.1) is 5.69 Å². The van der Waals surface area contributed by atoms with Crippen molar-refractivity contribution < 1.29 is 0 Å². The molecule has 0 atom stereocenters. The van der Waals surface area contributed by atoms with Gasteiger partial charge >= 0.3 is 0 Å². The second-order valence-corrected chi connectivity index (χ2v) is 2.88. The van der Waals surface area contributed by atoms with Crippen molar-refractivity contribution >= 4 is 28.3 Å². The van der Waals surface area contributed by atoms with Crippen LogP contribution in [-0.4, -0.2) is 0 Å². The summed E-state index contributed by atoms with van der Waals surface area (Å²) in [6.07, 6.45) is 1.87. The first-order valence-corrected chi connectivity index (χ1v) is 3.82. The van der Waals surface area contributed by atoms with Gasteiger partial charge in [0.15, 0.2) is 6.19 Å². The first-order valence-electron chi connectivity index (χ1n) is 2.74. The van der Waals surface area contributed by atoms with Gasteiger partial charge < -0.3 is 0 Å². The third-order valence-corrected chi connectivity index (χ3v) is 2.01. The molecule has 1 aromatic carbocycles. The van der Waals surface area contributed by atoms with E-state index in [2.05, 4.69) is 27.9 Å². The van der Waals surface area contributed by atoms with Crippen LogP contribution in [0.2, 0.25) is 0 Å². The second-order valence-electron chi connectivity index (χ2n) is 1.72. The minimum Gasteiger partial charge on any atom is -0.292 e. The van der Waals surface area contributed by atoms with E-state index in [1.807, 2.05) is 30.5 Å². The summed E-state index contributed by atoms with van der Waals surface area (Å²) < 4.78 is 1.06. The van der Waals surface area contributed by atoms with Crippen LogP contribution in [0.25, 0.3) is 0 Å². The molecular weight excluding hydrogens is 239 g/mol. The van der Waals surface area contributed by atoms with Gasteiger partial charge in [-0.05, 0) is 34.7 Å². The van der Waals surface area contributed by atoms with Gasteiger partial charge in [-0.15, -0.1) is 0 Å². The van der Waals surface area contributed by atoms with Crippen molar-refractivity contribution in [3.8, 4) is 6.19 Å². The normalized spacial score (nSPS) is 8.40. The van der Waals surface area contributed by atoms with Crippen molar-refractivity contribution in [2.45, 2.75) is 0 Å². The Kier molecular flexibility index (Phi) is 2.51. The number of nitriles is 1. The van der Waals surface area contributed by atoms with Crippen LogP contribution < -0.4 is 5.32 Å². The lowest BCUT2D eigenvalue weighted by Gasteiger charge is -1.97. The minimum absolute atomic E-state index is 0.866. The van der Waals surface area contributed by atoms with Crippen LogP contribution in [0.4, 0.5) is 5.69 Å². The fourth-order valence-electron chi connectivity index (χ4n) is 0.623. The number of hydrogen-bond donors (Lipinski definition) is 1. The van der Waals surface area contributed by atoms with Gasteiger partial charge in [-0.2, -0.15) is 5.26 Å². The van der Waals surface area contributed by atoms with Gasteiger partial charge in [0, 0.05) is 3.57 Å². The van der Waals surface area contributed by atoms with Crippen LogP contribution in [-0.2, 0) is 0 Å². The summed E-state index contributed by atoms with van der Waals surface area (Å²) in [5, 5.41) is 10.9. The maximum absolute atomic E-state index is 8.28. The van der Waals surface area contributed by atoms with Crippen molar-refractivity contribution in [1.29, 1.82) is 5.26 Å². The van der Waals surface area contributed by atoms with Crippen LogP contribution in [0.1, 0.15) is 0 Å². The molecule has 3 heteroatoms. The Morgan fingerprint density at radius 1 is 1.40 bits per heavy atom. The highest BCUT2D eigenvalue weighted by atomic mass is 127. The van der Waals surface area contributed by atoms with E-state index in [-0.39, 0.29) is 0 Å². The monoisotopic (exact) mass is 244 g/mol. The van der Waals surface area contributed by atoms with Crippen molar-refractivity contribution in [2.24, 2.45) is 0 Å². The minimum atomic E-state index is 0.866. The van der Waals surface area contributed by atoms with E-state index in [0.717, 1.165) is 9.26 Å². The van der Waals surface area contributed by atoms with Gasteiger partial charge in [-0.25, -0.2) is 0 Å². The van der Waals surface area contributed by atoms with E-state index in [0.29, 0.717) is 0 Å². The zero-order valence-corrected chi connectivity index (χ0v) is 7.29. The average molecular weight is 244 g/mol. The highest BCUT2D eigenvalue weighted by Gasteiger charge is 1.93. The Labute approximate surface area is 73.0 Å². The Balaban J connectivity index is 2.94. The van der Waals surface area contributed by atoms with Crippen molar-refractivity contribution in [2.75, 3.05) is 5.32 Å². The van der Waals surface area contributed by atoms with E-state index in [9.17, 15) is 0 Å².